The van der Waals surface area contributed by atoms with Gasteiger partial charge in [0, 0.05) is 24.0 Å². The molecule has 31 heavy (non-hydrogen) atoms. The van der Waals surface area contributed by atoms with E-state index in [9.17, 15) is 9.59 Å². The number of nitrogens with one attached hydrogen (secondary N) is 2. The van der Waals surface area contributed by atoms with E-state index in [1.165, 1.54) is 22.5 Å². The topological polar surface area (TPSA) is 101 Å². The molecule has 3 amide bonds. The first kappa shape index (κ1) is 21.8. The van der Waals surface area contributed by atoms with Gasteiger partial charge in [0.2, 0.25) is 0 Å². The number of fused-ring (bicyclic) bond motifs is 1. The standard InChI is InChI=1S/C21H30N6O3S/c1-14(11-27-13-22-12-23-27)24-20(29)25-18-17(19(28)26-6-8-30-9-7-26)15-4-5-21(2,3)10-16(15)31-18/h12-14H,4-11H2,1-3H3,(H2,24,25,29)/t14-/m1/s1. The number of rotatable bonds is 5. The number of thiophene rings is 1. The Balaban J connectivity index is 1.53. The molecule has 0 bridgehead atoms. The van der Waals surface area contributed by atoms with E-state index in [0.29, 0.717) is 43.4 Å². The number of morpholine rings is 1. The molecule has 1 saturated heterocycles. The minimum Gasteiger partial charge on any atom is -0.378 e. The fourth-order valence-corrected chi connectivity index (χ4v) is 5.65. The Labute approximate surface area is 186 Å². The van der Waals surface area contributed by atoms with Crippen LogP contribution >= 0.6 is 11.3 Å². The zero-order valence-electron chi connectivity index (χ0n) is 18.3. The molecule has 2 N–H and O–H groups in total. The van der Waals surface area contributed by atoms with Gasteiger partial charge in [-0.25, -0.2) is 9.78 Å². The molecule has 1 aliphatic heterocycles. The number of carbonyl (C=O) groups excluding carboxylic acids is 2. The lowest BCUT2D eigenvalue weighted by Gasteiger charge is -2.31. The van der Waals surface area contributed by atoms with E-state index in [-0.39, 0.29) is 23.4 Å². The fraction of sp³-hybridized carbons (Fsp3) is 0.619. The quantitative estimate of drug-likeness (QED) is 0.735. The minimum absolute atomic E-state index is 0.00790. The highest BCUT2D eigenvalue weighted by atomic mass is 32.1. The van der Waals surface area contributed by atoms with Crippen molar-refractivity contribution >= 4 is 28.3 Å². The van der Waals surface area contributed by atoms with Crippen LogP contribution in [0.25, 0.3) is 0 Å². The molecule has 0 unspecified atom stereocenters. The average molecular weight is 447 g/mol. The normalized spacial score (nSPS) is 18.9. The van der Waals surface area contributed by atoms with Crippen LogP contribution in [0.3, 0.4) is 0 Å². The monoisotopic (exact) mass is 446 g/mol. The van der Waals surface area contributed by atoms with Gasteiger partial charge in [0.15, 0.2) is 0 Å². The van der Waals surface area contributed by atoms with Crippen LogP contribution in [0.5, 0.6) is 0 Å². The Hall–Kier alpha value is -2.46. The SMILES string of the molecule is C[C@H](Cn1cncn1)NC(=O)Nc1sc2c(c1C(=O)N1CCOCC1)CCC(C)(C)C2. The van der Waals surface area contributed by atoms with E-state index in [1.54, 1.807) is 11.0 Å². The second kappa shape index (κ2) is 8.96. The molecule has 4 rings (SSSR count). The Morgan fingerprint density at radius 2 is 2.10 bits per heavy atom. The summed E-state index contributed by atoms with van der Waals surface area (Å²) >= 11 is 1.54. The van der Waals surface area contributed by atoms with Gasteiger partial charge in [-0.15, -0.1) is 11.3 Å². The highest BCUT2D eigenvalue weighted by Crippen LogP contribution is 2.44. The third-order valence-electron chi connectivity index (χ3n) is 5.83. The Kier molecular flexibility index (Phi) is 6.29. The maximum atomic E-state index is 13.4. The predicted molar refractivity (Wildman–Crippen MR) is 118 cm³/mol. The largest absolute Gasteiger partial charge is 0.378 e. The molecule has 2 aliphatic rings. The number of carbonyl (C=O) groups is 2. The number of amides is 3. The lowest BCUT2D eigenvalue weighted by Crippen LogP contribution is -2.42. The van der Waals surface area contributed by atoms with Crippen LogP contribution in [0.2, 0.25) is 0 Å². The number of hydrogen-bond acceptors (Lipinski definition) is 6. The van der Waals surface area contributed by atoms with E-state index in [4.69, 9.17) is 4.74 Å². The van der Waals surface area contributed by atoms with Crippen LogP contribution in [-0.2, 0) is 24.1 Å². The zero-order valence-corrected chi connectivity index (χ0v) is 19.1. The van der Waals surface area contributed by atoms with Crippen molar-refractivity contribution in [3.63, 3.8) is 0 Å². The van der Waals surface area contributed by atoms with E-state index in [2.05, 4.69) is 34.6 Å². The summed E-state index contributed by atoms with van der Waals surface area (Å²) in [5.74, 6) is -0.00790. The lowest BCUT2D eigenvalue weighted by molar-refractivity contribution is 0.0303. The van der Waals surface area contributed by atoms with Gasteiger partial charge in [-0.2, -0.15) is 5.10 Å². The highest BCUT2D eigenvalue weighted by Gasteiger charge is 2.34. The molecule has 1 fully saturated rings. The molecule has 2 aromatic rings. The molecule has 9 nitrogen and oxygen atoms in total. The minimum atomic E-state index is -0.318. The van der Waals surface area contributed by atoms with Crippen LogP contribution in [0.4, 0.5) is 9.80 Å². The number of hydrogen-bond donors (Lipinski definition) is 2. The van der Waals surface area contributed by atoms with Crippen molar-refractivity contribution in [2.75, 3.05) is 31.6 Å². The molecule has 1 aliphatic carbocycles. The molecule has 0 saturated carbocycles. The number of aromatic nitrogens is 3. The molecule has 10 heteroatoms. The van der Waals surface area contributed by atoms with Crippen molar-refractivity contribution in [3.8, 4) is 0 Å². The van der Waals surface area contributed by atoms with Crippen LogP contribution in [-0.4, -0.2) is 63.9 Å². The second-order valence-corrected chi connectivity index (χ2v) is 10.2. The first-order chi connectivity index (χ1) is 14.8. The molecule has 0 radical (unpaired) electrons. The first-order valence-electron chi connectivity index (χ1n) is 10.7. The summed E-state index contributed by atoms with van der Waals surface area (Å²) in [6.45, 7) is 9.19. The summed E-state index contributed by atoms with van der Waals surface area (Å²) in [4.78, 5) is 33.1. The van der Waals surface area contributed by atoms with Crippen LogP contribution in [0.1, 0.15) is 48.0 Å². The van der Waals surface area contributed by atoms with Crippen LogP contribution < -0.4 is 10.6 Å². The molecule has 0 aromatic carbocycles. The van der Waals surface area contributed by atoms with Gasteiger partial charge in [0.25, 0.3) is 5.91 Å². The van der Waals surface area contributed by atoms with Gasteiger partial charge in [-0.05, 0) is 37.2 Å². The molecule has 2 aromatic heterocycles. The fourth-order valence-electron chi connectivity index (χ4n) is 4.16. The molecular formula is C21H30N6O3S. The summed E-state index contributed by atoms with van der Waals surface area (Å²) < 4.78 is 7.08. The van der Waals surface area contributed by atoms with Crippen molar-refractivity contribution < 1.29 is 14.3 Å². The summed E-state index contributed by atoms with van der Waals surface area (Å²) in [5, 5.41) is 10.6. The highest BCUT2D eigenvalue weighted by molar-refractivity contribution is 7.17. The van der Waals surface area contributed by atoms with Gasteiger partial charge in [0.05, 0.1) is 25.3 Å². The average Bonchev–Trinajstić information content (AvgIpc) is 3.34. The van der Waals surface area contributed by atoms with E-state index in [0.717, 1.165) is 24.8 Å². The molecule has 3 heterocycles. The van der Waals surface area contributed by atoms with Crippen molar-refractivity contribution in [1.82, 2.24) is 25.0 Å². The van der Waals surface area contributed by atoms with Gasteiger partial charge in [-0.1, -0.05) is 13.8 Å². The van der Waals surface area contributed by atoms with Crippen LogP contribution in [0.15, 0.2) is 12.7 Å². The third kappa shape index (κ3) is 5.07. The molecule has 1 atom stereocenters. The summed E-state index contributed by atoms with van der Waals surface area (Å²) in [6.07, 6.45) is 5.89. The first-order valence-corrected chi connectivity index (χ1v) is 11.6. The number of urea groups is 1. The smallest absolute Gasteiger partial charge is 0.320 e. The van der Waals surface area contributed by atoms with Crippen LogP contribution in [0, 0.1) is 5.41 Å². The summed E-state index contributed by atoms with van der Waals surface area (Å²) in [5.41, 5.74) is 1.96. The molecule has 0 spiro atoms. The number of anilines is 1. The van der Waals surface area contributed by atoms with Crippen molar-refractivity contribution in [1.29, 1.82) is 0 Å². The van der Waals surface area contributed by atoms with E-state index >= 15 is 0 Å². The maximum Gasteiger partial charge on any atom is 0.320 e. The van der Waals surface area contributed by atoms with Gasteiger partial charge < -0.3 is 15.0 Å². The van der Waals surface area contributed by atoms with Crippen molar-refractivity contribution in [2.45, 2.75) is 52.6 Å². The lowest BCUT2D eigenvalue weighted by atomic mass is 9.77. The van der Waals surface area contributed by atoms with E-state index < -0.39 is 0 Å². The zero-order chi connectivity index (χ0) is 22.0. The van der Waals surface area contributed by atoms with Gasteiger partial charge in [-0.3, -0.25) is 14.8 Å². The van der Waals surface area contributed by atoms with Gasteiger partial charge >= 0.3 is 6.03 Å². The van der Waals surface area contributed by atoms with E-state index in [1.807, 2.05) is 11.8 Å². The Bertz CT molecular complexity index is 933. The summed E-state index contributed by atoms with van der Waals surface area (Å²) in [7, 11) is 0. The summed E-state index contributed by atoms with van der Waals surface area (Å²) in [6, 6.07) is -0.463. The number of nitrogens with zero attached hydrogens (tertiary/aromatic N) is 4. The molecular weight excluding hydrogens is 416 g/mol. The van der Waals surface area contributed by atoms with Gasteiger partial charge in [0.1, 0.15) is 17.7 Å². The molecule has 168 valence electrons. The van der Waals surface area contributed by atoms with Crippen molar-refractivity contribution in [3.05, 3.63) is 28.7 Å². The second-order valence-electron chi connectivity index (χ2n) is 9.07. The third-order valence-corrected chi connectivity index (χ3v) is 6.97. The van der Waals surface area contributed by atoms with Crippen molar-refractivity contribution in [2.24, 2.45) is 5.41 Å². The Morgan fingerprint density at radius 1 is 1.32 bits per heavy atom. The Morgan fingerprint density at radius 3 is 2.81 bits per heavy atom. The number of ether oxygens (including phenoxy) is 1. The predicted octanol–water partition coefficient (Wildman–Crippen LogP) is 2.54. The maximum absolute atomic E-state index is 13.4.